The van der Waals surface area contributed by atoms with Gasteiger partial charge in [-0.15, -0.1) is 0 Å². The number of aliphatic carboxylic acids is 1. The molecular weight excluding hydrogens is 231 g/mol. The van der Waals surface area contributed by atoms with Gasteiger partial charge >= 0.3 is 18.2 Å². The molecule has 0 radical (unpaired) electrons. The van der Waals surface area contributed by atoms with Crippen molar-refractivity contribution in [2.75, 3.05) is 7.11 Å². The lowest BCUT2D eigenvalue weighted by Gasteiger charge is -2.33. The highest BCUT2D eigenvalue weighted by Gasteiger charge is 2.55. The van der Waals surface area contributed by atoms with Crippen LogP contribution in [0.5, 0.6) is 0 Å². The van der Waals surface area contributed by atoms with Crippen LogP contribution in [0.3, 0.4) is 0 Å². The average molecular weight is 243 g/mol. The SMILES string of the molecule is COC(=O)NC(C(=O)O)C(C)(C)C(F)(F)F. The lowest BCUT2D eigenvalue weighted by molar-refractivity contribution is -0.223. The fraction of sp³-hybridized carbons (Fsp3) is 0.750. The number of carbonyl (C=O) groups excluding carboxylic acids is 1. The Morgan fingerprint density at radius 2 is 1.75 bits per heavy atom. The van der Waals surface area contributed by atoms with Crippen molar-refractivity contribution in [1.29, 1.82) is 0 Å². The summed E-state index contributed by atoms with van der Waals surface area (Å²) in [6, 6.07) is -2.11. The Balaban J connectivity index is 5.07. The normalized spacial score (nSPS) is 14.1. The largest absolute Gasteiger partial charge is 0.480 e. The van der Waals surface area contributed by atoms with Gasteiger partial charge in [0.15, 0.2) is 0 Å². The van der Waals surface area contributed by atoms with E-state index in [0.29, 0.717) is 13.8 Å². The van der Waals surface area contributed by atoms with Crippen molar-refractivity contribution >= 4 is 12.1 Å². The molecule has 1 amide bonds. The molecule has 94 valence electrons. The summed E-state index contributed by atoms with van der Waals surface area (Å²) >= 11 is 0. The summed E-state index contributed by atoms with van der Waals surface area (Å²) in [4.78, 5) is 21.4. The number of ether oxygens (including phenoxy) is 1. The lowest BCUT2D eigenvalue weighted by Crippen LogP contribution is -2.56. The van der Waals surface area contributed by atoms with E-state index in [-0.39, 0.29) is 0 Å². The molecular formula is C8H12F3NO4. The van der Waals surface area contributed by atoms with Gasteiger partial charge in [0.2, 0.25) is 0 Å². The van der Waals surface area contributed by atoms with Crippen LogP contribution >= 0.6 is 0 Å². The van der Waals surface area contributed by atoms with Gasteiger partial charge in [0.25, 0.3) is 0 Å². The molecule has 16 heavy (non-hydrogen) atoms. The molecule has 0 saturated heterocycles. The Morgan fingerprint density at radius 1 is 1.31 bits per heavy atom. The number of carbonyl (C=O) groups is 2. The molecule has 5 nitrogen and oxygen atoms in total. The van der Waals surface area contributed by atoms with Crippen LogP contribution in [-0.4, -0.2) is 36.5 Å². The molecule has 0 spiro atoms. The minimum absolute atomic E-state index is 0.682. The smallest absolute Gasteiger partial charge is 0.407 e. The first-order chi connectivity index (χ1) is 7.04. The van der Waals surface area contributed by atoms with Crippen LogP contribution in [0, 0.1) is 5.41 Å². The van der Waals surface area contributed by atoms with Crippen molar-refractivity contribution < 1.29 is 32.6 Å². The predicted molar refractivity (Wildman–Crippen MR) is 46.8 cm³/mol. The average Bonchev–Trinajstić information content (AvgIpc) is 2.10. The van der Waals surface area contributed by atoms with Gasteiger partial charge in [-0.3, -0.25) is 0 Å². The van der Waals surface area contributed by atoms with Crippen LogP contribution < -0.4 is 5.32 Å². The van der Waals surface area contributed by atoms with Crippen LogP contribution in [0.25, 0.3) is 0 Å². The number of amides is 1. The van der Waals surface area contributed by atoms with E-state index in [4.69, 9.17) is 5.11 Å². The molecule has 0 aromatic heterocycles. The van der Waals surface area contributed by atoms with Crippen molar-refractivity contribution in [3.8, 4) is 0 Å². The monoisotopic (exact) mass is 243 g/mol. The molecule has 0 fully saturated rings. The molecule has 2 N–H and O–H groups in total. The minimum atomic E-state index is -4.77. The maximum Gasteiger partial charge on any atom is 0.407 e. The third kappa shape index (κ3) is 3.01. The second-order valence-corrected chi connectivity index (χ2v) is 3.63. The number of hydrogen-bond acceptors (Lipinski definition) is 3. The first kappa shape index (κ1) is 14.5. The fourth-order valence-corrected chi connectivity index (χ4v) is 0.891. The Hall–Kier alpha value is -1.47. The highest BCUT2D eigenvalue weighted by atomic mass is 19.4. The molecule has 8 heteroatoms. The molecule has 0 aliphatic rings. The minimum Gasteiger partial charge on any atom is -0.480 e. The van der Waals surface area contributed by atoms with Gasteiger partial charge < -0.3 is 15.2 Å². The van der Waals surface area contributed by atoms with Gasteiger partial charge in [-0.05, 0) is 13.8 Å². The molecule has 0 rings (SSSR count). The molecule has 0 aliphatic heterocycles. The first-order valence-corrected chi connectivity index (χ1v) is 4.18. The van der Waals surface area contributed by atoms with Crippen molar-refractivity contribution in [3.05, 3.63) is 0 Å². The van der Waals surface area contributed by atoms with Gasteiger partial charge in [0.1, 0.15) is 6.04 Å². The number of rotatable bonds is 3. The summed E-state index contributed by atoms with van der Waals surface area (Å²) in [5.74, 6) is -1.78. The van der Waals surface area contributed by atoms with E-state index >= 15 is 0 Å². The van der Waals surface area contributed by atoms with Gasteiger partial charge in [-0.25, -0.2) is 9.59 Å². The number of carboxylic acids is 1. The Morgan fingerprint density at radius 3 is 2.00 bits per heavy atom. The highest BCUT2D eigenvalue weighted by molar-refractivity contribution is 5.80. The number of alkyl halides is 3. The maximum atomic E-state index is 12.5. The number of carboxylic acid groups (broad SMARTS) is 1. The number of halogens is 3. The summed E-state index contributed by atoms with van der Waals surface area (Å²) in [5.41, 5.74) is -2.60. The molecule has 0 bridgehead atoms. The van der Waals surface area contributed by atoms with Gasteiger partial charge in [0, 0.05) is 0 Å². The zero-order valence-corrected chi connectivity index (χ0v) is 8.88. The molecule has 0 aromatic rings. The molecule has 0 aromatic carbocycles. The molecule has 1 atom stereocenters. The van der Waals surface area contributed by atoms with E-state index in [1.54, 1.807) is 5.32 Å². The van der Waals surface area contributed by atoms with Gasteiger partial charge in [0.05, 0.1) is 12.5 Å². The van der Waals surface area contributed by atoms with E-state index in [0.717, 1.165) is 7.11 Å². The topological polar surface area (TPSA) is 75.6 Å². The number of alkyl carbamates (subject to hydrolysis) is 1. The van der Waals surface area contributed by atoms with E-state index in [1.807, 2.05) is 0 Å². The van der Waals surface area contributed by atoms with Crippen LogP contribution in [0.2, 0.25) is 0 Å². The molecule has 0 saturated carbocycles. The van der Waals surface area contributed by atoms with Crippen molar-refractivity contribution in [3.63, 3.8) is 0 Å². The second kappa shape index (κ2) is 4.58. The summed E-state index contributed by atoms with van der Waals surface area (Å²) in [7, 11) is 0.925. The van der Waals surface area contributed by atoms with E-state index in [9.17, 15) is 22.8 Å². The number of nitrogens with one attached hydrogen (secondary N) is 1. The fourth-order valence-electron chi connectivity index (χ4n) is 0.891. The molecule has 0 aliphatic carbocycles. The molecule has 0 heterocycles. The van der Waals surface area contributed by atoms with Crippen LogP contribution in [0.15, 0.2) is 0 Å². The standard InChI is InChI=1S/C8H12F3NO4/c1-7(2,8(9,10)11)4(5(13)14)12-6(15)16-3/h4H,1-3H3,(H,12,15)(H,13,14). The number of methoxy groups -OCH3 is 1. The van der Waals surface area contributed by atoms with Crippen molar-refractivity contribution in [1.82, 2.24) is 5.32 Å². The summed E-state index contributed by atoms with van der Waals surface area (Å²) < 4.78 is 41.7. The lowest BCUT2D eigenvalue weighted by atomic mass is 9.83. The van der Waals surface area contributed by atoms with Crippen molar-refractivity contribution in [2.45, 2.75) is 26.1 Å². The van der Waals surface area contributed by atoms with E-state index in [1.165, 1.54) is 0 Å². The predicted octanol–water partition coefficient (Wildman–Crippen LogP) is 1.38. The second-order valence-electron chi connectivity index (χ2n) is 3.63. The highest BCUT2D eigenvalue weighted by Crippen LogP contribution is 2.40. The summed E-state index contributed by atoms with van der Waals surface area (Å²) in [5, 5.41) is 10.3. The van der Waals surface area contributed by atoms with E-state index < -0.39 is 29.7 Å². The third-order valence-corrected chi connectivity index (χ3v) is 2.15. The Bertz CT molecular complexity index is 287. The third-order valence-electron chi connectivity index (χ3n) is 2.15. The quantitative estimate of drug-likeness (QED) is 0.785. The Labute approximate surface area is 89.6 Å². The Kier molecular flexibility index (Phi) is 4.16. The van der Waals surface area contributed by atoms with Crippen LogP contribution in [0.1, 0.15) is 13.8 Å². The van der Waals surface area contributed by atoms with Gasteiger partial charge in [-0.2, -0.15) is 13.2 Å². The maximum absolute atomic E-state index is 12.5. The zero-order chi connectivity index (χ0) is 13.1. The molecule has 1 unspecified atom stereocenters. The zero-order valence-electron chi connectivity index (χ0n) is 8.88. The van der Waals surface area contributed by atoms with E-state index in [2.05, 4.69) is 4.74 Å². The van der Waals surface area contributed by atoms with Crippen LogP contribution in [0.4, 0.5) is 18.0 Å². The number of hydrogen-bond donors (Lipinski definition) is 2. The summed E-state index contributed by atoms with van der Waals surface area (Å²) in [6.45, 7) is 1.36. The van der Waals surface area contributed by atoms with Gasteiger partial charge in [-0.1, -0.05) is 0 Å². The first-order valence-electron chi connectivity index (χ1n) is 4.18. The van der Waals surface area contributed by atoms with Crippen molar-refractivity contribution in [2.24, 2.45) is 5.41 Å². The summed E-state index contributed by atoms with van der Waals surface area (Å²) in [6.07, 6.45) is -6.00. The van der Waals surface area contributed by atoms with Crippen LogP contribution in [-0.2, 0) is 9.53 Å².